The average Bonchev–Trinajstić information content (AvgIpc) is 3.00. The van der Waals surface area contributed by atoms with Gasteiger partial charge in [0, 0.05) is 18.8 Å². The van der Waals surface area contributed by atoms with E-state index in [-0.39, 0.29) is 6.03 Å². The van der Waals surface area contributed by atoms with Gasteiger partial charge in [0.2, 0.25) is 0 Å². The van der Waals surface area contributed by atoms with Crippen LogP contribution >= 0.6 is 0 Å². The summed E-state index contributed by atoms with van der Waals surface area (Å²) in [5, 5.41) is 6.76. The standard InChI is InChI=1S/C17H19N3O/c1-14-8-10-15(11-9-14)18-17(21)20-13-5-12-19(20)16-6-3-2-4-7-16/h2-4,6-11H,5,12-13H2,1H3,(H,18,21). The molecule has 21 heavy (non-hydrogen) atoms. The Hall–Kier alpha value is -2.49. The minimum atomic E-state index is -0.0831. The van der Waals surface area contributed by atoms with Crippen LogP contribution in [0.1, 0.15) is 12.0 Å². The number of amides is 2. The molecule has 108 valence electrons. The second kappa shape index (κ2) is 5.87. The molecule has 1 aliphatic rings. The molecular formula is C17H19N3O. The van der Waals surface area contributed by atoms with E-state index in [1.807, 2.05) is 66.5 Å². The number of nitrogens with one attached hydrogen (secondary N) is 1. The lowest BCUT2D eigenvalue weighted by atomic mass is 10.2. The Bertz CT molecular complexity index is 610. The molecule has 0 unspecified atom stereocenters. The zero-order valence-electron chi connectivity index (χ0n) is 12.1. The maximum absolute atomic E-state index is 12.5. The van der Waals surface area contributed by atoms with E-state index in [0.29, 0.717) is 0 Å². The largest absolute Gasteiger partial charge is 0.340 e. The Kier molecular flexibility index (Phi) is 3.77. The van der Waals surface area contributed by atoms with Gasteiger partial charge in [0.1, 0.15) is 0 Å². The lowest BCUT2D eigenvalue weighted by Crippen LogP contribution is -2.43. The number of urea groups is 1. The second-order valence-electron chi connectivity index (χ2n) is 5.23. The molecule has 0 aromatic heterocycles. The molecule has 4 heteroatoms. The van der Waals surface area contributed by atoms with E-state index >= 15 is 0 Å². The molecule has 0 aliphatic carbocycles. The summed E-state index contributed by atoms with van der Waals surface area (Å²) < 4.78 is 0. The van der Waals surface area contributed by atoms with Gasteiger partial charge in [0.05, 0.1) is 5.69 Å². The van der Waals surface area contributed by atoms with Gasteiger partial charge in [-0.2, -0.15) is 0 Å². The van der Waals surface area contributed by atoms with Gasteiger partial charge in [-0.05, 0) is 37.6 Å². The van der Waals surface area contributed by atoms with Gasteiger partial charge >= 0.3 is 6.03 Å². The number of hydrazine groups is 1. The van der Waals surface area contributed by atoms with Crippen molar-refractivity contribution >= 4 is 17.4 Å². The summed E-state index contributed by atoms with van der Waals surface area (Å²) in [5.41, 5.74) is 3.06. The summed E-state index contributed by atoms with van der Waals surface area (Å²) in [6, 6.07) is 17.8. The van der Waals surface area contributed by atoms with Crippen LogP contribution in [-0.4, -0.2) is 24.1 Å². The summed E-state index contributed by atoms with van der Waals surface area (Å²) in [7, 11) is 0. The van der Waals surface area contributed by atoms with Gasteiger partial charge in [0.25, 0.3) is 0 Å². The molecule has 2 amide bonds. The van der Waals surface area contributed by atoms with E-state index in [4.69, 9.17) is 0 Å². The highest BCUT2D eigenvalue weighted by Gasteiger charge is 2.26. The van der Waals surface area contributed by atoms with Crippen LogP contribution in [0.15, 0.2) is 54.6 Å². The third kappa shape index (κ3) is 2.99. The molecule has 0 radical (unpaired) electrons. The zero-order valence-corrected chi connectivity index (χ0v) is 12.1. The molecule has 1 aliphatic heterocycles. The number of hydrogen-bond acceptors (Lipinski definition) is 2. The molecule has 0 bridgehead atoms. The molecule has 2 aromatic carbocycles. The second-order valence-corrected chi connectivity index (χ2v) is 5.23. The highest BCUT2D eigenvalue weighted by atomic mass is 16.2. The molecule has 1 saturated heterocycles. The van der Waals surface area contributed by atoms with Crippen molar-refractivity contribution in [2.75, 3.05) is 23.4 Å². The van der Waals surface area contributed by atoms with Crippen molar-refractivity contribution in [2.45, 2.75) is 13.3 Å². The third-order valence-corrected chi connectivity index (χ3v) is 3.62. The minimum Gasteiger partial charge on any atom is -0.306 e. The summed E-state index contributed by atoms with van der Waals surface area (Å²) >= 11 is 0. The van der Waals surface area contributed by atoms with E-state index in [1.165, 1.54) is 5.56 Å². The van der Waals surface area contributed by atoms with Crippen LogP contribution in [0.4, 0.5) is 16.2 Å². The Morgan fingerprint density at radius 1 is 1.00 bits per heavy atom. The summed E-state index contributed by atoms with van der Waals surface area (Å²) in [5.74, 6) is 0. The maximum Gasteiger partial charge on any atom is 0.340 e. The Morgan fingerprint density at radius 3 is 2.43 bits per heavy atom. The maximum atomic E-state index is 12.5. The molecule has 2 aromatic rings. The van der Waals surface area contributed by atoms with Crippen molar-refractivity contribution < 1.29 is 4.79 Å². The van der Waals surface area contributed by atoms with Gasteiger partial charge in [-0.25, -0.2) is 9.80 Å². The molecule has 0 atom stereocenters. The fraction of sp³-hybridized carbons (Fsp3) is 0.235. The first-order valence-corrected chi connectivity index (χ1v) is 7.22. The minimum absolute atomic E-state index is 0.0831. The normalized spacial score (nSPS) is 14.3. The quantitative estimate of drug-likeness (QED) is 0.912. The number of carbonyl (C=O) groups excluding carboxylic acids is 1. The molecule has 1 fully saturated rings. The van der Waals surface area contributed by atoms with E-state index < -0.39 is 0 Å². The molecule has 0 saturated carbocycles. The molecular weight excluding hydrogens is 262 g/mol. The third-order valence-electron chi connectivity index (χ3n) is 3.62. The molecule has 4 nitrogen and oxygen atoms in total. The number of nitrogens with zero attached hydrogens (tertiary/aromatic N) is 2. The van der Waals surface area contributed by atoms with Crippen molar-refractivity contribution in [2.24, 2.45) is 0 Å². The number of benzene rings is 2. The Balaban J connectivity index is 1.73. The summed E-state index contributed by atoms with van der Waals surface area (Å²) in [6.45, 7) is 3.64. The number of aryl methyl sites for hydroxylation is 1. The average molecular weight is 281 g/mol. The number of carbonyl (C=O) groups is 1. The first kappa shape index (κ1) is 13.5. The lowest BCUT2D eigenvalue weighted by molar-refractivity contribution is 0.218. The van der Waals surface area contributed by atoms with Crippen molar-refractivity contribution in [1.29, 1.82) is 0 Å². The van der Waals surface area contributed by atoms with E-state index in [2.05, 4.69) is 5.32 Å². The zero-order chi connectivity index (χ0) is 14.7. The van der Waals surface area contributed by atoms with Crippen molar-refractivity contribution in [1.82, 2.24) is 5.01 Å². The van der Waals surface area contributed by atoms with Crippen molar-refractivity contribution in [3.05, 3.63) is 60.2 Å². The van der Waals surface area contributed by atoms with Gasteiger partial charge in [-0.15, -0.1) is 0 Å². The Morgan fingerprint density at radius 2 is 1.71 bits per heavy atom. The van der Waals surface area contributed by atoms with Crippen LogP contribution in [-0.2, 0) is 0 Å². The first-order valence-electron chi connectivity index (χ1n) is 7.22. The predicted octanol–water partition coefficient (Wildman–Crippen LogP) is 3.65. The molecule has 1 heterocycles. The van der Waals surface area contributed by atoms with Crippen LogP contribution in [0.5, 0.6) is 0 Å². The Labute approximate surface area is 125 Å². The van der Waals surface area contributed by atoms with Crippen LogP contribution in [0.3, 0.4) is 0 Å². The van der Waals surface area contributed by atoms with E-state index in [0.717, 1.165) is 30.9 Å². The molecule has 3 rings (SSSR count). The van der Waals surface area contributed by atoms with E-state index in [9.17, 15) is 4.79 Å². The number of hydrogen-bond donors (Lipinski definition) is 1. The predicted molar refractivity (Wildman–Crippen MR) is 85.3 cm³/mol. The highest BCUT2D eigenvalue weighted by Crippen LogP contribution is 2.22. The highest BCUT2D eigenvalue weighted by molar-refractivity contribution is 5.90. The SMILES string of the molecule is Cc1ccc(NC(=O)N2CCCN2c2ccccc2)cc1. The molecule has 0 spiro atoms. The van der Waals surface area contributed by atoms with Gasteiger partial charge in [-0.3, -0.25) is 5.01 Å². The monoisotopic (exact) mass is 281 g/mol. The first-order chi connectivity index (χ1) is 10.2. The van der Waals surface area contributed by atoms with Crippen LogP contribution in [0.25, 0.3) is 0 Å². The van der Waals surface area contributed by atoms with Gasteiger partial charge in [0.15, 0.2) is 0 Å². The topological polar surface area (TPSA) is 35.6 Å². The number of para-hydroxylation sites is 1. The van der Waals surface area contributed by atoms with E-state index in [1.54, 1.807) is 5.01 Å². The fourth-order valence-electron chi connectivity index (χ4n) is 2.52. The van der Waals surface area contributed by atoms with Crippen LogP contribution in [0.2, 0.25) is 0 Å². The van der Waals surface area contributed by atoms with Gasteiger partial charge < -0.3 is 5.32 Å². The summed E-state index contributed by atoms with van der Waals surface area (Å²) in [4.78, 5) is 12.5. The van der Waals surface area contributed by atoms with Crippen LogP contribution < -0.4 is 10.3 Å². The molecule has 1 N–H and O–H groups in total. The number of rotatable bonds is 2. The smallest absolute Gasteiger partial charge is 0.306 e. The fourth-order valence-corrected chi connectivity index (χ4v) is 2.52. The summed E-state index contributed by atoms with van der Waals surface area (Å²) in [6.07, 6.45) is 0.982. The number of anilines is 2. The van der Waals surface area contributed by atoms with Crippen molar-refractivity contribution in [3.8, 4) is 0 Å². The van der Waals surface area contributed by atoms with Crippen LogP contribution in [0, 0.1) is 6.92 Å². The lowest BCUT2D eigenvalue weighted by Gasteiger charge is -2.29. The van der Waals surface area contributed by atoms with Gasteiger partial charge in [-0.1, -0.05) is 35.9 Å². The van der Waals surface area contributed by atoms with Crippen molar-refractivity contribution in [3.63, 3.8) is 0 Å².